The van der Waals surface area contributed by atoms with Crippen LogP contribution >= 0.6 is 0 Å². The van der Waals surface area contributed by atoms with Gasteiger partial charge in [0.05, 0.1) is 25.5 Å². The van der Waals surface area contributed by atoms with Crippen molar-refractivity contribution in [2.75, 3.05) is 19.7 Å². The van der Waals surface area contributed by atoms with Crippen LogP contribution in [0, 0.1) is 11.6 Å². The molecule has 0 bridgehead atoms. The maximum absolute atomic E-state index is 13.7. The van der Waals surface area contributed by atoms with Crippen LogP contribution in [0.25, 0.3) is 0 Å². The van der Waals surface area contributed by atoms with Crippen LogP contribution in [0.4, 0.5) is 8.78 Å². The van der Waals surface area contributed by atoms with Gasteiger partial charge in [0.25, 0.3) is 0 Å². The van der Waals surface area contributed by atoms with Gasteiger partial charge in [0.1, 0.15) is 11.6 Å². The minimum absolute atomic E-state index is 0.00189. The Labute approximate surface area is 131 Å². The summed E-state index contributed by atoms with van der Waals surface area (Å²) in [6.45, 7) is 1.52. The van der Waals surface area contributed by atoms with Gasteiger partial charge in [-0.1, -0.05) is 6.07 Å². The van der Waals surface area contributed by atoms with E-state index in [9.17, 15) is 18.4 Å². The number of hydrogen-bond donors (Lipinski definition) is 0. The van der Waals surface area contributed by atoms with Gasteiger partial charge < -0.3 is 14.5 Å². The van der Waals surface area contributed by atoms with Crippen molar-refractivity contribution in [2.45, 2.75) is 31.0 Å². The van der Waals surface area contributed by atoms with E-state index in [2.05, 4.69) is 0 Å². The number of rotatable bonds is 2. The van der Waals surface area contributed by atoms with E-state index in [-0.39, 0.29) is 36.3 Å². The second-order valence-corrected chi connectivity index (χ2v) is 6.21. The van der Waals surface area contributed by atoms with Crippen LogP contribution in [0.1, 0.15) is 18.4 Å². The highest BCUT2D eigenvalue weighted by Gasteiger charge is 2.62. The highest BCUT2D eigenvalue weighted by Crippen LogP contribution is 2.45. The van der Waals surface area contributed by atoms with Crippen molar-refractivity contribution in [1.82, 2.24) is 9.80 Å². The van der Waals surface area contributed by atoms with Gasteiger partial charge in [-0.3, -0.25) is 9.59 Å². The Morgan fingerprint density at radius 2 is 2.17 bits per heavy atom. The van der Waals surface area contributed by atoms with Gasteiger partial charge in [-0.25, -0.2) is 8.78 Å². The van der Waals surface area contributed by atoms with Crippen molar-refractivity contribution in [3.8, 4) is 0 Å². The summed E-state index contributed by atoms with van der Waals surface area (Å²) in [5.74, 6) is -1.66. The molecule has 3 aliphatic heterocycles. The van der Waals surface area contributed by atoms with E-state index in [1.165, 1.54) is 6.07 Å². The first-order chi connectivity index (χ1) is 11.0. The molecular formula is C16H16F2N2O3. The van der Waals surface area contributed by atoms with E-state index >= 15 is 0 Å². The summed E-state index contributed by atoms with van der Waals surface area (Å²) in [7, 11) is 0. The molecule has 5 nitrogen and oxygen atoms in total. The molecule has 3 saturated heterocycles. The molecular weight excluding hydrogens is 306 g/mol. The van der Waals surface area contributed by atoms with Gasteiger partial charge in [0, 0.05) is 25.6 Å². The minimum atomic E-state index is -0.728. The smallest absolute Gasteiger partial charge is 0.227 e. The van der Waals surface area contributed by atoms with Crippen LogP contribution in [-0.4, -0.2) is 53.1 Å². The molecule has 0 aromatic heterocycles. The number of hydrogen-bond acceptors (Lipinski definition) is 3. The number of carbonyl (C=O) groups is 2. The molecule has 0 unspecified atom stereocenters. The van der Waals surface area contributed by atoms with Gasteiger partial charge in [0.2, 0.25) is 11.8 Å². The molecule has 1 spiro atoms. The van der Waals surface area contributed by atoms with Crippen LogP contribution in [0.5, 0.6) is 0 Å². The lowest BCUT2D eigenvalue weighted by Gasteiger charge is -2.31. The second kappa shape index (κ2) is 4.99. The molecule has 1 aromatic rings. The molecule has 4 rings (SSSR count). The van der Waals surface area contributed by atoms with E-state index in [1.54, 1.807) is 9.80 Å². The summed E-state index contributed by atoms with van der Waals surface area (Å²) < 4.78 is 32.5. The van der Waals surface area contributed by atoms with E-state index in [0.29, 0.717) is 26.1 Å². The Bertz CT molecular complexity index is 696. The van der Waals surface area contributed by atoms with Crippen molar-refractivity contribution in [3.05, 3.63) is 35.4 Å². The lowest BCUT2D eigenvalue weighted by Crippen LogP contribution is -2.49. The molecule has 0 aliphatic carbocycles. The standard InChI is InChI=1S/C16H16F2N2O3/c17-11-2-1-10(12(18)8-11)7-14(21)19-4-3-16-13(19)9-15(22)20(16)5-6-23-16/h1-2,8,13H,3-7,9H2/t13-,16+/m1/s1. The number of benzene rings is 1. The molecule has 3 heterocycles. The van der Waals surface area contributed by atoms with E-state index in [1.807, 2.05) is 0 Å². The van der Waals surface area contributed by atoms with Crippen molar-refractivity contribution in [3.63, 3.8) is 0 Å². The van der Waals surface area contributed by atoms with E-state index in [4.69, 9.17) is 4.74 Å². The predicted octanol–water partition coefficient (Wildman–Crippen LogP) is 1.07. The van der Waals surface area contributed by atoms with Gasteiger partial charge in [-0.15, -0.1) is 0 Å². The molecule has 0 saturated carbocycles. The Hall–Kier alpha value is -2.02. The van der Waals surface area contributed by atoms with E-state index in [0.717, 1.165) is 12.1 Å². The average molecular weight is 322 g/mol. The van der Waals surface area contributed by atoms with Crippen molar-refractivity contribution in [1.29, 1.82) is 0 Å². The molecule has 0 N–H and O–H groups in total. The lowest BCUT2D eigenvalue weighted by molar-refractivity contribution is -0.139. The van der Waals surface area contributed by atoms with Crippen LogP contribution in [0.15, 0.2) is 18.2 Å². The maximum atomic E-state index is 13.7. The topological polar surface area (TPSA) is 49.9 Å². The van der Waals surface area contributed by atoms with Gasteiger partial charge in [-0.2, -0.15) is 0 Å². The monoisotopic (exact) mass is 322 g/mol. The quantitative estimate of drug-likeness (QED) is 0.818. The Morgan fingerprint density at radius 3 is 2.96 bits per heavy atom. The largest absolute Gasteiger partial charge is 0.351 e. The van der Waals surface area contributed by atoms with Crippen LogP contribution in [-0.2, 0) is 20.7 Å². The molecule has 23 heavy (non-hydrogen) atoms. The third-order valence-electron chi connectivity index (χ3n) is 5.08. The normalized spacial score (nSPS) is 29.1. The summed E-state index contributed by atoms with van der Waals surface area (Å²) in [5, 5.41) is 0. The second-order valence-electron chi connectivity index (χ2n) is 6.21. The first-order valence-electron chi connectivity index (χ1n) is 7.69. The van der Waals surface area contributed by atoms with Gasteiger partial charge in [0.15, 0.2) is 5.72 Å². The predicted molar refractivity (Wildman–Crippen MR) is 75.2 cm³/mol. The number of likely N-dealkylation sites (tertiary alicyclic amines) is 1. The van der Waals surface area contributed by atoms with Crippen LogP contribution in [0.3, 0.4) is 0 Å². The molecule has 0 radical (unpaired) electrons. The lowest BCUT2D eigenvalue weighted by atomic mass is 10.1. The number of carbonyl (C=O) groups excluding carboxylic acids is 2. The van der Waals surface area contributed by atoms with E-state index < -0.39 is 17.4 Å². The Kier molecular flexibility index (Phi) is 3.16. The first kappa shape index (κ1) is 14.6. The number of ether oxygens (including phenoxy) is 1. The zero-order valence-electron chi connectivity index (χ0n) is 12.4. The SMILES string of the molecule is O=C(Cc1ccc(F)cc1F)N1CC[C@@]23OCCN2C(=O)C[C@@H]13. The third-order valence-corrected chi connectivity index (χ3v) is 5.08. The molecule has 122 valence electrons. The number of nitrogens with zero attached hydrogens (tertiary/aromatic N) is 2. The number of halogens is 2. The molecule has 3 aliphatic rings. The zero-order chi connectivity index (χ0) is 16.2. The van der Waals surface area contributed by atoms with Gasteiger partial charge >= 0.3 is 0 Å². The van der Waals surface area contributed by atoms with Crippen molar-refractivity contribution in [2.24, 2.45) is 0 Å². The molecule has 3 fully saturated rings. The molecule has 2 atom stereocenters. The first-order valence-corrected chi connectivity index (χ1v) is 7.69. The third kappa shape index (κ3) is 2.06. The van der Waals surface area contributed by atoms with Crippen LogP contribution in [0.2, 0.25) is 0 Å². The Morgan fingerprint density at radius 1 is 1.35 bits per heavy atom. The fourth-order valence-corrected chi connectivity index (χ4v) is 4.02. The maximum Gasteiger partial charge on any atom is 0.227 e. The van der Waals surface area contributed by atoms with Crippen molar-refractivity contribution < 1.29 is 23.1 Å². The van der Waals surface area contributed by atoms with Crippen LogP contribution < -0.4 is 0 Å². The fourth-order valence-electron chi connectivity index (χ4n) is 4.02. The molecule has 2 amide bonds. The fraction of sp³-hybridized carbons (Fsp3) is 0.500. The minimum Gasteiger partial charge on any atom is -0.351 e. The summed E-state index contributed by atoms with van der Waals surface area (Å²) in [6.07, 6.45) is 0.686. The summed E-state index contributed by atoms with van der Waals surface area (Å²) in [6, 6.07) is 2.88. The molecule has 7 heteroatoms. The number of amides is 2. The van der Waals surface area contributed by atoms with Crippen molar-refractivity contribution >= 4 is 11.8 Å². The zero-order valence-corrected chi connectivity index (χ0v) is 12.4. The highest BCUT2D eigenvalue weighted by atomic mass is 19.1. The summed E-state index contributed by atoms with van der Waals surface area (Å²) >= 11 is 0. The highest BCUT2D eigenvalue weighted by molar-refractivity contribution is 5.85. The Balaban J connectivity index is 1.55. The van der Waals surface area contributed by atoms with Gasteiger partial charge in [-0.05, 0) is 11.6 Å². The average Bonchev–Trinajstić information content (AvgIpc) is 3.13. The summed E-state index contributed by atoms with van der Waals surface area (Å²) in [5.41, 5.74) is -0.528. The molecule has 1 aromatic carbocycles. The summed E-state index contributed by atoms with van der Waals surface area (Å²) in [4.78, 5) is 28.0.